The lowest BCUT2D eigenvalue weighted by Gasteiger charge is -2.30. The Morgan fingerprint density at radius 3 is 2.52 bits per heavy atom. The van der Waals surface area contributed by atoms with Crippen molar-refractivity contribution in [2.75, 3.05) is 0 Å². The van der Waals surface area contributed by atoms with Crippen LogP contribution in [0.15, 0.2) is 30.3 Å². The molecule has 0 amide bonds. The van der Waals surface area contributed by atoms with E-state index >= 15 is 0 Å². The lowest BCUT2D eigenvalue weighted by molar-refractivity contribution is 0.461. The molecule has 0 radical (unpaired) electrons. The van der Waals surface area contributed by atoms with E-state index < -0.39 is 0 Å². The van der Waals surface area contributed by atoms with Gasteiger partial charge in [-0.2, -0.15) is 5.26 Å². The average molecular weight is 281 g/mol. The third-order valence-electron chi connectivity index (χ3n) is 4.66. The summed E-state index contributed by atoms with van der Waals surface area (Å²) >= 11 is 0. The molecule has 1 nitrogen and oxygen atoms in total. The van der Waals surface area contributed by atoms with Crippen LogP contribution in [0.4, 0.5) is 0 Å². The number of benzene rings is 1. The van der Waals surface area contributed by atoms with Gasteiger partial charge in [0.25, 0.3) is 0 Å². The summed E-state index contributed by atoms with van der Waals surface area (Å²) in [5.74, 6) is 0. The second kappa shape index (κ2) is 8.03. The predicted molar refractivity (Wildman–Crippen MR) is 90.0 cm³/mol. The van der Waals surface area contributed by atoms with E-state index in [-0.39, 0.29) is 5.41 Å². The minimum Gasteiger partial charge on any atom is -0.197 e. The second-order valence-corrected chi connectivity index (χ2v) is 6.26. The summed E-state index contributed by atoms with van der Waals surface area (Å²) in [7, 11) is 0. The fraction of sp³-hybridized carbons (Fsp3) is 0.550. The highest BCUT2D eigenvalue weighted by Crippen LogP contribution is 2.39. The number of unbranched alkanes of at least 4 members (excludes halogenated alkanes) is 6. The smallest absolute Gasteiger partial charge is 0.0862 e. The van der Waals surface area contributed by atoms with Gasteiger partial charge < -0.3 is 0 Å². The van der Waals surface area contributed by atoms with Crippen molar-refractivity contribution in [3.05, 3.63) is 41.5 Å². The van der Waals surface area contributed by atoms with Gasteiger partial charge in [-0.3, -0.25) is 0 Å². The van der Waals surface area contributed by atoms with Crippen molar-refractivity contribution in [3.63, 3.8) is 0 Å². The molecule has 1 aromatic carbocycles. The van der Waals surface area contributed by atoms with Gasteiger partial charge >= 0.3 is 0 Å². The van der Waals surface area contributed by atoms with Crippen molar-refractivity contribution in [3.8, 4) is 6.07 Å². The first-order valence-corrected chi connectivity index (χ1v) is 8.50. The van der Waals surface area contributed by atoms with E-state index in [1.165, 1.54) is 56.1 Å². The SMILES string of the molecule is CCCCCCCCCC1(C#N)CC=Cc2ccccc21. The Morgan fingerprint density at radius 1 is 1.05 bits per heavy atom. The fourth-order valence-electron chi connectivity index (χ4n) is 3.36. The monoisotopic (exact) mass is 281 g/mol. The summed E-state index contributed by atoms with van der Waals surface area (Å²) in [6, 6.07) is 11.0. The first-order valence-electron chi connectivity index (χ1n) is 8.50. The number of hydrogen-bond acceptors (Lipinski definition) is 1. The highest BCUT2D eigenvalue weighted by Gasteiger charge is 2.33. The van der Waals surface area contributed by atoms with Gasteiger partial charge in [0.15, 0.2) is 0 Å². The Bertz CT molecular complexity index is 509. The van der Waals surface area contributed by atoms with Crippen LogP contribution in [-0.2, 0) is 5.41 Å². The number of nitrogens with zero attached hydrogens (tertiary/aromatic N) is 1. The molecule has 1 unspecified atom stereocenters. The topological polar surface area (TPSA) is 23.8 Å². The summed E-state index contributed by atoms with van der Waals surface area (Å²) in [5, 5.41) is 9.78. The Labute approximate surface area is 129 Å². The molecule has 0 aliphatic heterocycles. The zero-order valence-electron chi connectivity index (χ0n) is 13.3. The highest BCUT2D eigenvalue weighted by atomic mass is 14.4. The third-order valence-corrected chi connectivity index (χ3v) is 4.66. The molecule has 0 saturated heterocycles. The molecule has 2 rings (SSSR count). The maximum Gasteiger partial charge on any atom is 0.0862 e. The first kappa shape index (κ1) is 15.8. The van der Waals surface area contributed by atoms with Gasteiger partial charge in [-0.25, -0.2) is 0 Å². The van der Waals surface area contributed by atoms with Crippen LogP contribution >= 0.6 is 0 Å². The van der Waals surface area contributed by atoms with E-state index in [0.29, 0.717) is 0 Å². The highest BCUT2D eigenvalue weighted by molar-refractivity contribution is 5.61. The number of rotatable bonds is 8. The minimum absolute atomic E-state index is 0.283. The van der Waals surface area contributed by atoms with E-state index in [2.05, 4.69) is 49.4 Å². The zero-order chi connectivity index (χ0) is 15.0. The maximum atomic E-state index is 9.78. The fourth-order valence-corrected chi connectivity index (χ4v) is 3.36. The van der Waals surface area contributed by atoms with E-state index in [0.717, 1.165) is 12.8 Å². The average Bonchev–Trinajstić information content (AvgIpc) is 2.54. The number of fused-ring (bicyclic) bond motifs is 1. The first-order chi connectivity index (χ1) is 10.3. The second-order valence-electron chi connectivity index (χ2n) is 6.26. The molecule has 0 heterocycles. The van der Waals surface area contributed by atoms with E-state index in [1.807, 2.05) is 0 Å². The number of hydrogen-bond donors (Lipinski definition) is 0. The predicted octanol–water partition coefficient (Wildman–Crippen LogP) is 6.01. The lowest BCUT2D eigenvalue weighted by Crippen LogP contribution is -2.26. The van der Waals surface area contributed by atoms with E-state index in [1.54, 1.807) is 0 Å². The molecule has 1 aliphatic rings. The number of allylic oxidation sites excluding steroid dienone is 1. The molecule has 0 aromatic heterocycles. The lowest BCUT2D eigenvalue weighted by atomic mass is 9.70. The Hall–Kier alpha value is -1.55. The summed E-state index contributed by atoms with van der Waals surface area (Å²) in [5.41, 5.74) is 2.18. The largest absolute Gasteiger partial charge is 0.197 e. The Morgan fingerprint density at radius 2 is 1.76 bits per heavy atom. The molecule has 1 aromatic rings. The van der Waals surface area contributed by atoms with Gasteiger partial charge in [-0.1, -0.05) is 88.3 Å². The van der Waals surface area contributed by atoms with Crippen molar-refractivity contribution in [2.45, 2.75) is 70.1 Å². The molecule has 0 bridgehead atoms. The van der Waals surface area contributed by atoms with Gasteiger partial charge in [0, 0.05) is 0 Å². The molecular formula is C20H27N. The molecule has 1 atom stereocenters. The molecule has 1 aliphatic carbocycles. The standard InChI is InChI=1S/C20H27N/c1-2-3-4-5-6-7-10-15-20(17-21)16-11-13-18-12-8-9-14-19(18)20/h8-9,11-14H,2-7,10,15-16H2,1H3. The van der Waals surface area contributed by atoms with Gasteiger partial charge in [0.1, 0.15) is 0 Å². The summed E-state index contributed by atoms with van der Waals surface area (Å²) in [4.78, 5) is 0. The van der Waals surface area contributed by atoms with Crippen LogP contribution in [-0.4, -0.2) is 0 Å². The van der Waals surface area contributed by atoms with Crippen LogP contribution in [0.1, 0.15) is 75.8 Å². The van der Waals surface area contributed by atoms with Crippen molar-refractivity contribution in [1.82, 2.24) is 0 Å². The van der Waals surface area contributed by atoms with Crippen molar-refractivity contribution in [1.29, 1.82) is 5.26 Å². The van der Waals surface area contributed by atoms with Crippen LogP contribution in [0.25, 0.3) is 6.08 Å². The van der Waals surface area contributed by atoms with E-state index in [9.17, 15) is 5.26 Å². The van der Waals surface area contributed by atoms with Gasteiger partial charge in [-0.15, -0.1) is 0 Å². The van der Waals surface area contributed by atoms with Crippen LogP contribution in [0.5, 0.6) is 0 Å². The molecule has 0 N–H and O–H groups in total. The van der Waals surface area contributed by atoms with Crippen molar-refractivity contribution < 1.29 is 0 Å². The summed E-state index contributed by atoms with van der Waals surface area (Å²) < 4.78 is 0. The van der Waals surface area contributed by atoms with Gasteiger partial charge in [0.2, 0.25) is 0 Å². The van der Waals surface area contributed by atoms with Crippen LogP contribution in [0.2, 0.25) is 0 Å². The van der Waals surface area contributed by atoms with Crippen LogP contribution in [0, 0.1) is 11.3 Å². The minimum atomic E-state index is -0.283. The molecule has 0 saturated carbocycles. The summed E-state index contributed by atoms with van der Waals surface area (Å²) in [6.45, 7) is 2.25. The molecule has 21 heavy (non-hydrogen) atoms. The normalized spacial score (nSPS) is 20.0. The molecule has 1 heteroatoms. The van der Waals surface area contributed by atoms with Gasteiger partial charge in [-0.05, 0) is 24.0 Å². The quantitative estimate of drug-likeness (QED) is 0.536. The molecular weight excluding hydrogens is 254 g/mol. The molecule has 0 fully saturated rings. The zero-order valence-corrected chi connectivity index (χ0v) is 13.3. The Kier molecular flexibility index (Phi) is 6.05. The maximum absolute atomic E-state index is 9.78. The van der Waals surface area contributed by atoms with E-state index in [4.69, 9.17) is 0 Å². The van der Waals surface area contributed by atoms with Crippen molar-refractivity contribution in [2.24, 2.45) is 0 Å². The number of nitriles is 1. The molecule has 0 spiro atoms. The molecule has 112 valence electrons. The third kappa shape index (κ3) is 3.97. The Balaban J connectivity index is 1.89. The van der Waals surface area contributed by atoms with Gasteiger partial charge in [0.05, 0.1) is 11.5 Å². The van der Waals surface area contributed by atoms with Crippen LogP contribution < -0.4 is 0 Å². The van der Waals surface area contributed by atoms with Crippen molar-refractivity contribution >= 4 is 6.08 Å². The van der Waals surface area contributed by atoms with Crippen LogP contribution in [0.3, 0.4) is 0 Å². The summed E-state index contributed by atoms with van der Waals surface area (Å²) in [6.07, 6.45) is 15.3.